The Labute approximate surface area is 185 Å². The van der Waals surface area contributed by atoms with Crippen molar-refractivity contribution in [3.8, 4) is 17.0 Å². The molecular weight excluding hydrogens is 404 g/mol. The molecule has 4 aromatic rings. The van der Waals surface area contributed by atoms with Crippen molar-refractivity contribution in [1.82, 2.24) is 24.5 Å². The normalized spacial score (nSPS) is 22.1. The highest BCUT2D eigenvalue weighted by molar-refractivity contribution is 5.90. The molecular formula is C24H24N6O2. The molecule has 4 heterocycles. The third-order valence-electron chi connectivity index (χ3n) is 6.93. The molecule has 1 spiro atoms. The summed E-state index contributed by atoms with van der Waals surface area (Å²) in [5.41, 5.74) is 3.90. The van der Waals surface area contributed by atoms with E-state index in [-0.39, 0.29) is 17.5 Å². The van der Waals surface area contributed by atoms with Crippen LogP contribution >= 0.6 is 0 Å². The summed E-state index contributed by atoms with van der Waals surface area (Å²) in [5, 5.41) is 9.19. The first-order valence-electron chi connectivity index (χ1n) is 10.9. The van der Waals surface area contributed by atoms with Crippen LogP contribution in [0.3, 0.4) is 0 Å². The zero-order valence-corrected chi connectivity index (χ0v) is 18.1. The Morgan fingerprint density at radius 2 is 2.12 bits per heavy atom. The number of benzene rings is 1. The van der Waals surface area contributed by atoms with Crippen molar-refractivity contribution in [1.29, 1.82) is 0 Å². The van der Waals surface area contributed by atoms with Crippen LogP contribution in [-0.4, -0.2) is 55.6 Å². The molecule has 0 bridgehead atoms. The molecule has 0 atom stereocenters. The molecule has 32 heavy (non-hydrogen) atoms. The fourth-order valence-corrected chi connectivity index (χ4v) is 5.27. The van der Waals surface area contributed by atoms with Gasteiger partial charge in [-0.15, -0.1) is 5.10 Å². The molecule has 1 saturated heterocycles. The van der Waals surface area contributed by atoms with E-state index >= 15 is 0 Å². The molecule has 1 amide bonds. The summed E-state index contributed by atoms with van der Waals surface area (Å²) in [6.07, 6.45) is 6.67. The number of likely N-dealkylation sites (tertiary alicyclic amines) is 1. The molecule has 0 radical (unpaired) electrons. The molecule has 162 valence electrons. The zero-order valence-electron chi connectivity index (χ0n) is 18.1. The summed E-state index contributed by atoms with van der Waals surface area (Å²) in [6, 6.07) is 12.5. The van der Waals surface area contributed by atoms with Crippen molar-refractivity contribution in [2.75, 3.05) is 19.0 Å². The minimum absolute atomic E-state index is 0.0449. The van der Waals surface area contributed by atoms with Crippen molar-refractivity contribution in [3.05, 3.63) is 48.8 Å². The lowest BCUT2D eigenvalue weighted by Gasteiger charge is -2.61. The van der Waals surface area contributed by atoms with Crippen molar-refractivity contribution in [2.45, 2.75) is 37.8 Å². The number of hydrogen-bond donors (Lipinski definition) is 1. The van der Waals surface area contributed by atoms with Gasteiger partial charge in [0.15, 0.2) is 0 Å². The first-order valence-corrected chi connectivity index (χ1v) is 10.9. The van der Waals surface area contributed by atoms with E-state index in [9.17, 15) is 4.79 Å². The number of pyridine rings is 1. The summed E-state index contributed by atoms with van der Waals surface area (Å²) in [7, 11) is 1.63. The number of ether oxygens (including phenoxy) is 1. The first kappa shape index (κ1) is 19.0. The number of fused-ring (bicyclic) bond motifs is 2. The molecule has 2 fully saturated rings. The maximum Gasteiger partial charge on any atom is 0.244 e. The molecule has 8 heteroatoms. The van der Waals surface area contributed by atoms with E-state index in [1.165, 1.54) is 0 Å². The molecule has 8 nitrogen and oxygen atoms in total. The summed E-state index contributed by atoms with van der Waals surface area (Å²) >= 11 is 0. The molecule has 6 rings (SSSR count). The predicted molar refractivity (Wildman–Crippen MR) is 122 cm³/mol. The van der Waals surface area contributed by atoms with Crippen LogP contribution in [0.2, 0.25) is 0 Å². The minimum Gasteiger partial charge on any atom is -0.479 e. The number of carbonyl (C=O) groups is 1. The average molecular weight is 428 g/mol. The van der Waals surface area contributed by atoms with Crippen LogP contribution in [0.25, 0.3) is 27.5 Å². The van der Waals surface area contributed by atoms with E-state index in [4.69, 9.17) is 4.74 Å². The minimum atomic E-state index is 0.0449. The van der Waals surface area contributed by atoms with Gasteiger partial charge in [-0.05, 0) is 49.1 Å². The molecule has 2 aliphatic rings. The van der Waals surface area contributed by atoms with E-state index in [0.29, 0.717) is 11.8 Å². The quantitative estimate of drug-likeness (QED) is 0.535. The fourth-order valence-electron chi connectivity index (χ4n) is 5.27. The Hall–Kier alpha value is -3.68. The third-order valence-corrected chi connectivity index (χ3v) is 6.93. The summed E-state index contributed by atoms with van der Waals surface area (Å²) in [5.74, 6) is 1.22. The highest BCUT2D eigenvalue weighted by atomic mass is 16.5. The van der Waals surface area contributed by atoms with Crippen LogP contribution in [0.1, 0.15) is 26.2 Å². The SMILES string of the molecule is COc1nc(N[C@H]2C[C@@]3(CCN3C(C)=O)C2)nn2ccc(-c3ccc4ncccc4c3)c12. The van der Waals surface area contributed by atoms with Gasteiger partial charge in [-0.1, -0.05) is 12.1 Å². The average Bonchev–Trinajstić information content (AvgIpc) is 3.17. The predicted octanol–water partition coefficient (Wildman–Crippen LogP) is 3.52. The topological polar surface area (TPSA) is 84.6 Å². The lowest BCUT2D eigenvalue weighted by molar-refractivity contribution is -0.154. The van der Waals surface area contributed by atoms with E-state index in [1.54, 1.807) is 20.2 Å². The Morgan fingerprint density at radius 3 is 2.88 bits per heavy atom. The van der Waals surface area contributed by atoms with Crippen LogP contribution < -0.4 is 10.1 Å². The van der Waals surface area contributed by atoms with Crippen LogP contribution in [0.5, 0.6) is 5.88 Å². The number of nitrogens with one attached hydrogen (secondary N) is 1. The van der Waals surface area contributed by atoms with Crippen LogP contribution in [0, 0.1) is 0 Å². The van der Waals surface area contributed by atoms with Crippen LogP contribution in [0.15, 0.2) is 48.8 Å². The second-order valence-corrected chi connectivity index (χ2v) is 8.77. The fraction of sp³-hybridized carbons (Fsp3) is 0.333. The van der Waals surface area contributed by atoms with E-state index < -0.39 is 0 Å². The van der Waals surface area contributed by atoms with Crippen molar-refractivity contribution in [2.24, 2.45) is 0 Å². The number of aromatic nitrogens is 4. The molecule has 1 saturated carbocycles. The Bertz CT molecular complexity index is 1360. The highest BCUT2D eigenvalue weighted by Gasteiger charge is 2.55. The maximum absolute atomic E-state index is 11.8. The van der Waals surface area contributed by atoms with Crippen LogP contribution in [0.4, 0.5) is 5.95 Å². The molecule has 1 aliphatic carbocycles. The number of nitrogens with zero attached hydrogens (tertiary/aromatic N) is 5. The Kier molecular flexibility index (Phi) is 4.11. The second-order valence-electron chi connectivity index (χ2n) is 8.77. The van der Waals surface area contributed by atoms with E-state index in [2.05, 4.69) is 38.6 Å². The van der Waals surface area contributed by atoms with Crippen molar-refractivity contribution >= 4 is 28.3 Å². The molecule has 0 unspecified atom stereocenters. The van der Waals surface area contributed by atoms with Gasteiger partial charge in [-0.25, -0.2) is 4.52 Å². The van der Waals surface area contributed by atoms with Gasteiger partial charge in [-0.3, -0.25) is 9.78 Å². The number of methoxy groups -OCH3 is 1. The monoisotopic (exact) mass is 428 g/mol. The highest BCUT2D eigenvalue weighted by Crippen LogP contribution is 2.48. The molecule has 1 aromatic carbocycles. The summed E-state index contributed by atoms with van der Waals surface area (Å²) in [6.45, 7) is 2.52. The van der Waals surface area contributed by atoms with Gasteiger partial charge in [0.05, 0.1) is 12.6 Å². The zero-order chi connectivity index (χ0) is 21.9. The Balaban J connectivity index is 1.29. The molecule has 3 aromatic heterocycles. The Morgan fingerprint density at radius 1 is 1.25 bits per heavy atom. The van der Waals surface area contributed by atoms with Gasteiger partial charge >= 0.3 is 0 Å². The van der Waals surface area contributed by atoms with Crippen LogP contribution in [-0.2, 0) is 4.79 Å². The summed E-state index contributed by atoms with van der Waals surface area (Å²) in [4.78, 5) is 22.8. The van der Waals surface area contributed by atoms with Gasteiger partial charge in [0.25, 0.3) is 0 Å². The largest absolute Gasteiger partial charge is 0.479 e. The number of anilines is 1. The number of amides is 1. The first-order chi connectivity index (χ1) is 15.6. The maximum atomic E-state index is 11.8. The second kappa shape index (κ2) is 6.91. The lowest BCUT2D eigenvalue weighted by Crippen LogP contribution is -2.70. The smallest absolute Gasteiger partial charge is 0.244 e. The number of carbonyl (C=O) groups excluding carboxylic acids is 1. The van der Waals surface area contributed by atoms with Gasteiger partial charge in [0.2, 0.25) is 17.7 Å². The van der Waals surface area contributed by atoms with E-state index in [0.717, 1.165) is 53.4 Å². The van der Waals surface area contributed by atoms with Crippen molar-refractivity contribution < 1.29 is 9.53 Å². The summed E-state index contributed by atoms with van der Waals surface area (Å²) < 4.78 is 7.47. The van der Waals surface area contributed by atoms with Gasteiger partial charge in [-0.2, -0.15) is 4.98 Å². The van der Waals surface area contributed by atoms with E-state index in [1.807, 2.05) is 33.8 Å². The molecule has 1 N–H and O–H groups in total. The van der Waals surface area contributed by atoms with Gasteiger partial charge in [0, 0.05) is 48.4 Å². The standard InChI is InChI=1S/C24H24N6O2/c1-15(31)29-11-8-24(29)13-18(14-24)26-23-27-22(32-2)21-19(7-10-30(21)28-23)16-5-6-20-17(12-16)4-3-9-25-20/h3-7,9-10,12,18H,8,11,13-14H2,1-2H3,(H,26,28)/t18-,24-. The number of rotatable bonds is 4. The lowest BCUT2D eigenvalue weighted by atomic mass is 9.64. The third kappa shape index (κ3) is 2.82. The van der Waals surface area contributed by atoms with Gasteiger partial charge < -0.3 is 15.0 Å². The molecule has 1 aliphatic heterocycles. The van der Waals surface area contributed by atoms with Gasteiger partial charge in [0.1, 0.15) is 5.52 Å². The van der Waals surface area contributed by atoms with Crippen molar-refractivity contribution in [3.63, 3.8) is 0 Å². The number of hydrogen-bond acceptors (Lipinski definition) is 6.